The molecule has 0 aliphatic carbocycles. The van der Waals surface area contributed by atoms with Crippen molar-refractivity contribution in [2.45, 2.75) is 232 Å². The molecular formula is C67H106O5. The van der Waals surface area contributed by atoms with Crippen LogP contribution in [0.4, 0.5) is 0 Å². The van der Waals surface area contributed by atoms with E-state index in [1.165, 1.54) is 25.7 Å². The molecule has 1 atom stereocenters. The first kappa shape index (κ1) is 67.5. The Bertz CT molecular complexity index is 1590. The van der Waals surface area contributed by atoms with E-state index in [-0.39, 0.29) is 25.2 Å². The van der Waals surface area contributed by atoms with Gasteiger partial charge in [-0.25, -0.2) is 0 Å². The van der Waals surface area contributed by atoms with Gasteiger partial charge in [-0.05, 0) is 141 Å². The van der Waals surface area contributed by atoms with Crippen LogP contribution in [0.1, 0.15) is 226 Å². The predicted octanol–water partition coefficient (Wildman–Crippen LogP) is 20.2. The van der Waals surface area contributed by atoms with E-state index in [1.807, 2.05) is 0 Å². The Hall–Kier alpha value is -4.48. The third-order valence-electron chi connectivity index (χ3n) is 11.5. The Morgan fingerprint density at radius 3 is 0.944 bits per heavy atom. The number of carbonyl (C=O) groups excluding carboxylic acids is 2. The molecule has 0 aromatic heterocycles. The Morgan fingerprint density at radius 1 is 0.306 bits per heavy atom. The zero-order valence-electron chi connectivity index (χ0n) is 46.4. The molecule has 0 saturated carbocycles. The molecule has 0 aromatic rings. The average molecular weight is 992 g/mol. The van der Waals surface area contributed by atoms with Gasteiger partial charge in [0.2, 0.25) is 0 Å². The van der Waals surface area contributed by atoms with Crippen LogP contribution in [0, 0.1) is 0 Å². The molecule has 0 rings (SSSR count). The minimum atomic E-state index is -0.583. The van der Waals surface area contributed by atoms with Gasteiger partial charge in [0.05, 0.1) is 6.61 Å². The summed E-state index contributed by atoms with van der Waals surface area (Å²) in [5.74, 6) is -0.471. The molecule has 0 spiro atoms. The first-order chi connectivity index (χ1) is 35.6. The number of rotatable bonds is 51. The highest BCUT2D eigenvalue weighted by Crippen LogP contribution is 2.13. The van der Waals surface area contributed by atoms with Crippen LogP contribution in [0.25, 0.3) is 0 Å². The molecule has 0 saturated heterocycles. The molecule has 0 bridgehead atoms. The molecular weight excluding hydrogens is 885 g/mol. The van der Waals surface area contributed by atoms with E-state index in [4.69, 9.17) is 14.2 Å². The van der Waals surface area contributed by atoms with Gasteiger partial charge in [-0.15, -0.1) is 0 Å². The van der Waals surface area contributed by atoms with Gasteiger partial charge in [0.15, 0.2) is 6.10 Å². The summed E-state index contributed by atoms with van der Waals surface area (Å²) >= 11 is 0. The van der Waals surface area contributed by atoms with Crippen LogP contribution in [0.3, 0.4) is 0 Å². The number of carbonyl (C=O) groups is 2. The zero-order valence-corrected chi connectivity index (χ0v) is 46.4. The molecule has 5 nitrogen and oxygen atoms in total. The lowest BCUT2D eigenvalue weighted by molar-refractivity contribution is -0.163. The smallest absolute Gasteiger partial charge is 0.306 e. The second-order valence-electron chi connectivity index (χ2n) is 18.4. The SMILES string of the molecule is CC/C=C\C/C=C\C/C=C\C/C=C\C/C=C\CCCCCCOCC(COC(=O)CCCCC/C=C\C/C=C\C/C=C\C/C=C\C/C=C\CC)OC(=O)CCCCCCCCC/C=C\C/C=C\C/C=C\CC. The Morgan fingerprint density at radius 2 is 0.583 bits per heavy atom. The minimum Gasteiger partial charge on any atom is -0.462 e. The highest BCUT2D eigenvalue weighted by atomic mass is 16.6. The van der Waals surface area contributed by atoms with E-state index in [2.05, 4.69) is 179 Å². The second kappa shape index (κ2) is 60.8. The standard InChI is InChI=1S/C67H106O5/c1-4-7-10-13-16-19-22-25-28-31-33-35-38-41-44-47-50-53-56-59-62-70-63-65(72-67(69)61-58-55-52-49-46-43-40-36-30-27-24-21-18-15-12-9-6-3)64-71-66(68)60-57-54-51-48-45-42-39-37-34-32-29-26-23-20-17-14-11-8-5-2/h7-12,16-21,25-30,33-35,37,41-42,44-45,65H,4-6,13-15,22-24,31-32,36,38-40,43,46-64H2,1-3H3/b10-7-,11-8-,12-9-,19-16-,20-17-,21-18-,28-25-,29-26-,30-27-,35-33-,37-34-,44-41-,45-42-. The van der Waals surface area contributed by atoms with Crippen molar-refractivity contribution < 1.29 is 23.8 Å². The third kappa shape index (κ3) is 58.1. The number of unbranched alkanes of at least 4 members (excludes halogenated alkanes) is 14. The van der Waals surface area contributed by atoms with Gasteiger partial charge in [0.1, 0.15) is 6.61 Å². The quantitative estimate of drug-likeness (QED) is 0.0345. The van der Waals surface area contributed by atoms with Gasteiger partial charge in [-0.2, -0.15) is 0 Å². The normalized spacial score (nSPS) is 13.4. The molecule has 0 radical (unpaired) electrons. The molecule has 0 amide bonds. The summed E-state index contributed by atoms with van der Waals surface area (Å²) in [7, 11) is 0. The van der Waals surface area contributed by atoms with Crippen molar-refractivity contribution in [2.24, 2.45) is 0 Å². The highest BCUT2D eigenvalue weighted by Gasteiger charge is 2.17. The van der Waals surface area contributed by atoms with E-state index in [0.29, 0.717) is 19.4 Å². The lowest BCUT2D eigenvalue weighted by atomic mass is 10.1. The van der Waals surface area contributed by atoms with Crippen LogP contribution in [-0.4, -0.2) is 37.9 Å². The maximum atomic E-state index is 12.9. The van der Waals surface area contributed by atoms with Gasteiger partial charge in [0.25, 0.3) is 0 Å². The van der Waals surface area contributed by atoms with Gasteiger partial charge in [0, 0.05) is 19.4 Å². The lowest BCUT2D eigenvalue weighted by Gasteiger charge is -2.18. The largest absolute Gasteiger partial charge is 0.462 e. The predicted molar refractivity (Wildman–Crippen MR) is 315 cm³/mol. The van der Waals surface area contributed by atoms with Crippen molar-refractivity contribution in [1.29, 1.82) is 0 Å². The summed E-state index contributed by atoms with van der Waals surface area (Å²) in [6.07, 6.45) is 89.8. The minimum absolute atomic E-state index is 0.0421. The summed E-state index contributed by atoms with van der Waals surface area (Å²) < 4.78 is 17.4. The maximum Gasteiger partial charge on any atom is 0.306 e. The monoisotopic (exact) mass is 991 g/mol. The molecule has 0 aliphatic rings. The van der Waals surface area contributed by atoms with Crippen molar-refractivity contribution in [2.75, 3.05) is 19.8 Å². The van der Waals surface area contributed by atoms with E-state index in [1.54, 1.807) is 0 Å². The van der Waals surface area contributed by atoms with Crippen LogP contribution in [0.15, 0.2) is 158 Å². The third-order valence-corrected chi connectivity index (χ3v) is 11.5. The molecule has 0 N–H and O–H groups in total. The van der Waals surface area contributed by atoms with E-state index in [0.717, 1.165) is 167 Å². The van der Waals surface area contributed by atoms with Gasteiger partial charge >= 0.3 is 11.9 Å². The number of ether oxygens (including phenoxy) is 3. The van der Waals surface area contributed by atoms with Crippen molar-refractivity contribution in [1.82, 2.24) is 0 Å². The summed E-state index contributed by atoms with van der Waals surface area (Å²) in [5, 5.41) is 0. The maximum absolute atomic E-state index is 12.9. The van der Waals surface area contributed by atoms with Crippen LogP contribution in [0.5, 0.6) is 0 Å². The van der Waals surface area contributed by atoms with Crippen molar-refractivity contribution in [3.05, 3.63) is 158 Å². The Balaban J connectivity index is 4.46. The number of esters is 2. The molecule has 0 aromatic carbocycles. The summed E-state index contributed by atoms with van der Waals surface area (Å²) in [6.45, 7) is 7.37. The summed E-state index contributed by atoms with van der Waals surface area (Å²) in [6, 6.07) is 0. The van der Waals surface area contributed by atoms with Crippen LogP contribution in [-0.2, 0) is 23.8 Å². The highest BCUT2D eigenvalue weighted by molar-refractivity contribution is 5.70. The second-order valence-corrected chi connectivity index (χ2v) is 18.4. The lowest BCUT2D eigenvalue weighted by Crippen LogP contribution is -2.30. The number of allylic oxidation sites excluding steroid dienone is 26. The number of hydrogen-bond donors (Lipinski definition) is 0. The zero-order chi connectivity index (χ0) is 52.0. The first-order valence-electron chi connectivity index (χ1n) is 29.0. The van der Waals surface area contributed by atoms with Crippen molar-refractivity contribution in [3.8, 4) is 0 Å². The molecule has 1 unspecified atom stereocenters. The topological polar surface area (TPSA) is 61.8 Å². The van der Waals surface area contributed by atoms with Gasteiger partial charge in [-0.3, -0.25) is 9.59 Å². The molecule has 5 heteroatoms. The van der Waals surface area contributed by atoms with Crippen LogP contribution >= 0.6 is 0 Å². The number of hydrogen-bond acceptors (Lipinski definition) is 5. The van der Waals surface area contributed by atoms with Gasteiger partial charge in [-0.1, -0.05) is 230 Å². The van der Waals surface area contributed by atoms with Crippen LogP contribution in [0.2, 0.25) is 0 Å². The van der Waals surface area contributed by atoms with Crippen molar-refractivity contribution in [3.63, 3.8) is 0 Å². The Kier molecular flexibility index (Phi) is 57.0. The average Bonchev–Trinajstić information content (AvgIpc) is 3.38. The molecule has 0 aliphatic heterocycles. The summed E-state index contributed by atoms with van der Waals surface area (Å²) in [4.78, 5) is 25.6. The van der Waals surface area contributed by atoms with Crippen molar-refractivity contribution >= 4 is 11.9 Å². The Labute approximate surface area is 444 Å². The fraction of sp³-hybridized carbons (Fsp3) is 0.582. The first-order valence-corrected chi connectivity index (χ1v) is 29.0. The van der Waals surface area contributed by atoms with E-state index in [9.17, 15) is 9.59 Å². The molecule has 404 valence electrons. The summed E-state index contributed by atoms with van der Waals surface area (Å²) in [5.41, 5.74) is 0. The fourth-order valence-corrected chi connectivity index (χ4v) is 7.34. The van der Waals surface area contributed by atoms with Crippen LogP contribution < -0.4 is 0 Å². The van der Waals surface area contributed by atoms with E-state index < -0.39 is 6.10 Å². The molecule has 0 heterocycles. The molecule has 0 fully saturated rings. The molecule has 72 heavy (non-hydrogen) atoms. The fourth-order valence-electron chi connectivity index (χ4n) is 7.34. The van der Waals surface area contributed by atoms with E-state index >= 15 is 0 Å². The van der Waals surface area contributed by atoms with Gasteiger partial charge < -0.3 is 14.2 Å².